The zero-order valence-corrected chi connectivity index (χ0v) is 24.7. The van der Waals surface area contributed by atoms with Crippen molar-refractivity contribution in [3.05, 3.63) is 23.8 Å². The van der Waals surface area contributed by atoms with Gasteiger partial charge in [-0.3, -0.25) is 9.59 Å². The molecule has 4 fully saturated rings. The molecule has 0 amide bonds. The number of fused-ring (bicyclic) bond motifs is 5. The Morgan fingerprint density at radius 1 is 1.21 bits per heavy atom. The van der Waals surface area contributed by atoms with Crippen molar-refractivity contribution in [2.75, 3.05) is 11.8 Å². The molecule has 0 bridgehead atoms. The van der Waals surface area contributed by atoms with E-state index in [2.05, 4.69) is 6.92 Å². The van der Waals surface area contributed by atoms with Gasteiger partial charge in [-0.1, -0.05) is 65.1 Å². The highest BCUT2D eigenvalue weighted by molar-refractivity contribution is 8.77. The van der Waals surface area contributed by atoms with Crippen LogP contribution in [0.25, 0.3) is 0 Å². The second-order valence-corrected chi connectivity index (χ2v) is 15.2. The average molecular weight is 583 g/mol. The largest absolute Gasteiger partial charge is 0.446 e. The number of unbranched alkanes of at least 4 members (excludes halogenated alkanes) is 1. The molecule has 1 heterocycles. The fraction of sp³-hybridized carbons (Fsp3) is 0.759. The van der Waals surface area contributed by atoms with Crippen molar-refractivity contribution >= 4 is 50.9 Å². The number of alkyl halides is 1. The topological polar surface area (TPSA) is 89.9 Å². The van der Waals surface area contributed by atoms with Crippen LogP contribution in [0.4, 0.5) is 0 Å². The van der Waals surface area contributed by atoms with Gasteiger partial charge in [-0.2, -0.15) is 0 Å². The first-order valence-corrected chi connectivity index (χ1v) is 16.9. The number of hydrogen-bond acceptors (Lipinski definition) is 8. The average Bonchev–Trinajstić information content (AvgIpc) is 3.49. The Bertz CT molecular complexity index is 1020. The quantitative estimate of drug-likeness (QED) is 0.161. The number of aliphatic hydroxyl groups excluding tert-OH is 1. The van der Waals surface area contributed by atoms with Gasteiger partial charge in [-0.25, -0.2) is 4.79 Å². The van der Waals surface area contributed by atoms with E-state index < -0.39 is 28.5 Å². The van der Waals surface area contributed by atoms with E-state index in [1.165, 1.54) is 12.2 Å². The van der Waals surface area contributed by atoms with Gasteiger partial charge in [0.05, 0.1) is 6.10 Å². The minimum absolute atomic E-state index is 0.00237. The molecule has 1 saturated heterocycles. The van der Waals surface area contributed by atoms with Crippen LogP contribution in [0.15, 0.2) is 23.8 Å². The Morgan fingerprint density at radius 3 is 2.76 bits per heavy atom. The molecule has 210 valence electrons. The molecule has 5 aliphatic rings. The smallest absolute Gasteiger partial charge is 0.352 e. The van der Waals surface area contributed by atoms with E-state index in [1.54, 1.807) is 12.2 Å². The number of aliphatic hydroxyl groups is 1. The summed E-state index contributed by atoms with van der Waals surface area (Å²) in [4.78, 5) is 38.8. The molecular weight excluding hydrogens is 544 g/mol. The van der Waals surface area contributed by atoms with Gasteiger partial charge in [-0.05, 0) is 75.4 Å². The molecule has 0 aromatic rings. The molecule has 6 nitrogen and oxygen atoms in total. The molecule has 0 unspecified atom stereocenters. The zero-order valence-electron chi connectivity index (χ0n) is 22.3. The molecule has 1 N–H and O–H groups in total. The van der Waals surface area contributed by atoms with Gasteiger partial charge in [-0.15, -0.1) is 0 Å². The molecule has 1 aliphatic heterocycles. The van der Waals surface area contributed by atoms with Crippen LogP contribution < -0.4 is 0 Å². The molecular formula is C29H39ClO6S2. The summed E-state index contributed by atoms with van der Waals surface area (Å²) in [5.74, 6) is 0.373. The highest BCUT2D eigenvalue weighted by atomic mass is 35.5. The molecule has 9 heteroatoms. The molecule has 0 spiro atoms. The van der Waals surface area contributed by atoms with Crippen molar-refractivity contribution in [1.29, 1.82) is 0 Å². The minimum atomic E-state index is -1.46. The lowest BCUT2D eigenvalue weighted by molar-refractivity contribution is -0.212. The standard InChI is InChI=1S/C29H39ClO6S2/c1-27-12-9-19(31)15-18(27)7-8-21-22-10-13-29(26(34)35-17-30,28(22,2)16-23(32)25(21)27)36-24(33)6-4-3-5-20-11-14-37-38-20/h9,12,15,20-23,25,32H,3-8,10-11,13-14,16-17H2,1-2H3/t20-,21+,22+,23+,25-,27+,28+,29+/m1/s1. The van der Waals surface area contributed by atoms with Gasteiger partial charge in [0, 0.05) is 34.2 Å². The first-order chi connectivity index (χ1) is 18.1. The third kappa shape index (κ3) is 4.79. The minimum Gasteiger partial charge on any atom is -0.446 e. The van der Waals surface area contributed by atoms with Gasteiger partial charge >= 0.3 is 11.9 Å². The molecule has 0 radical (unpaired) electrons. The summed E-state index contributed by atoms with van der Waals surface area (Å²) in [6.45, 7) is 4.12. The maximum Gasteiger partial charge on any atom is 0.352 e. The molecule has 0 aromatic heterocycles. The lowest BCUT2D eigenvalue weighted by atomic mass is 9.46. The predicted molar refractivity (Wildman–Crippen MR) is 151 cm³/mol. The summed E-state index contributed by atoms with van der Waals surface area (Å²) in [7, 11) is 3.86. The van der Waals surface area contributed by atoms with Gasteiger partial charge in [0.25, 0.3) is 0 Å². The van der Waals surface area contributed by atoms with Crippen LogP contribution in [0.1, 0.15) is 78.1 Å². The highest BCUT2D eigenvalue weighted by Gasteiger charge is 2.71. The fourth-order valence-corrected chi connectivity index (χ4v) is 11.6. The van der Waals surface area contributed by atoms with Crippen LogP contribution in [0.5, 0.6) is 0 Å². The van der Waals surface area contributed by atoms with E-state index in [4.69, 9.17) is 21.1 Å². The number of allylic oxidation sites excluding steroid dienone is 4. The van der Waals surface area contributed by atoms with E-state index in [0.29, 0.717) is 24.5 Å². The second kappa shape index (κ2) is 11.1. The lowest BCUT2D eigenvalue weighted by Gasteiger charge is -2.59. The monoisotopic (exact) mass is 582 g/mol. The van der Waals surface area contributed by atoms with Crippen LogP contribution >= 0.6 is 33.2 Å². The summed E-state index contributed by atoms with van der Waals surface area (Å²) in [5.41, 5.74) is -1.54. The Balaban J connectivity index is 1.35. The van der Waals surface area contributed by atoms with E-state index in [9.17, 15) is 19.5 Å². The van der Waals surface area contributed by atoms with E-state index in [0.717, 1.165) is 37.7 Å². The second-order valence-electron chi connectivity index (χ2n) is 12.2. The lowest BCUT2D eigenvalue weighted by Crippen LogP contribution is -2.62. The molecule has 4 aliphatic carbocycles. The van der Waals surface area contributed by atoms with Crippen LogP contribution in [0.2, 0.25) is 0 Å². The normalized spacial score (nSPS) is 41.6. The van der Waals surface area contributed by atoms with Crippen molar-refractivity contribution < 1.29 is 29.0 Å². The highest BCUT2D eigenvalue weighted by Crippen LogP contribution is 2.68. The van der Waals surface area contributed by atoms with Crippen LogP contribution in [-0.2, 0) is 23.9 Å². The third-order valence-electron chi connectivity index (χ3n) is 10.3. The number of ether oxygens (including phenoxy) is 2. The number of rotatable bonds is 8. The van der Waals surface area contributed by atoms with Gasteiger partial charge in [0.1, 0.15) is 0 Å². The SMILES string of the molecule is C[C@]12C=CC(=O)C=C1CC[C@@H]1[C@@H]2[C@@H](O)C[C@@]2(C)[C@H]1CC[C@]2(OC(=O)CCCC[C@@H]1CCSS1)C(=O)OCCl. The fourth-order valence-electron chi connectivity index (χ4n) is 8.48. The van der Waals surface area contributed by atoms with Crippen molar-refractivity contribution in [2.24, 2.45) is 28.6 Å². The molecule has 3 saturated carbocycles. The Kier molecular flexibility index (Phi) is 8.37. The maximum atomic E-state index is 13.5. The molecule has 8 atom stereocenters. The number of halogens is 1. The number of hydrogen-bond donors (Lipinski definition) is 1. The summed E-state index contributed by atoms with van der Waals surface area (Å²) in [6.07, 6.45) is 11.9. The first-order valence-electron chi connectivity index (χ1n) is 14.0. The number of ketones is 1. The first kappa shape index (κ1) is 28.6. The van der Waals surface area contributed by atoms with E-state index >= 15 is 0 Å². The van der Waals surface area contributed by atoms with Crippen molar-refractivity contribution in [2.45, 2.75) is 95.0 Å². The Hall–Kier alpha value is -0.960. The van der Waals surface area contributed by atoms with Gasteiger partial charge in [0.2, 0.25) is 5.60 Å². The number of carbonyl (C=O) groups excluding carboxylic acids is 3. The predicted octanol–water partition coefficient (Wildman–Crippen LogP) is 6.00. The summed E-state index contributed by atoms with van der Waals surface area (Å²) >= 11 is 5.83. The summed E-state index contributed by atoms with van der Waals surface area (Å²) < 4.78 is 11.5. The molecule has 5 rings (SSSR count). The zero-order chi connectivity index (χ0) is 27.1. The van der Waals surface area contributed by atoms with Crippen molar-refractivity contribution in [3.8, 4) is 0 Å². The van der Waals surface area contributed by atoms with Crippen LogP contribution in [0, 0.1) is 28.6 Å². The van der Waals surface area contributed by atoms with Gasteiger partial charge in [0.15, 0.2) is 11.8 Å². The number of esters is 2. The van der Waals surface area contributed by atoms with E-state index in [-0.39, 0.29) is 42.0 Å². The molecule has 0 aromatic carbocycles. The summed E-state index contributed by atoms with van der Waals surface area (Å²) in [6, 6.07) is -0.310. The Morgan fingerprint density at radius 2 is 2.03 bits per heavy atom. The van der Waals surface area contributed by atoms with Crippen molar-refractivity contribution in [3.63, 3.8) is 0 Å². The van der Waals surface area contributed by atoms with E-state index in [1.807, 2.05) is 34.6 Å². The third-order valence-corrected chi connectivity index (χ3v) is 13.4. The maximum absolute atomic E-state index is 13.5. The van der Waals surface area contributed by atoms with Crippen LogP contribution in [0.3, 0.4) is 0 Å². The molecule has 38 heavy (non-hydrogen) atoms. The Labute approximate surface area is 238 Å². The van der Waals surface area contributed by atoms with Gasteiger partial charge < -0.3 is 14.6 Å². The number of carbonyl (C=O) groups is 3. The summed E-state index contributed by atoms with van der Waals surface area (Å²) in [5, 5.41) is 12.3. The van der Waals surface area contributed by atoms with Crippen molar-refractivity contribution in [1.82, 2.24) is 0 Å². The van der Waals surface area contributed by atoms with Crippen LogP contribution in [-0.4, -0.2) is 51.6 Å².